The van der Waals surface area contributed by atoms with Gasteiger partial charge in [0, 0.05) is 42.2 Å². The maximum Gasteiger partial charge on any atom is 0.407 e. The normalized spacial score (nSPS) is 15.8. The Kier molecular flexibility index (Phi) is 10.2. The Morgan fingerprint density at radius 2 is 2.00 bits per heavy atom. The molecule has 1 atom stereocenters. The van der Waals surface area contributed by atoms with Gasteiger partial charge in [0.25, 0.3) is 0 Å². The second-order valence-corrected chi connectivity index (χ2v) is 12.0. The minimum atomic E-state index is -0.571. The Hall–Kier alpha value is -4.39. The first-order valence-electron chi connectivity index (χ1n) is 15.4. The molecule has 2 aromatic heterocycles. The standard InChI is InChI=1S/C34H36FN5O5S/c1-2-30(41)40-13-3-4-26(40)21-45-34(42)37-12-14-43-15-16-44-29-19-25(35)7-8-27(29)32-33-28(10-17-46-33)31(38-39-32)23-5-6-24-20-36-11-9-22(24)18-23/h2,5-8,10,17-19,26,36H,1,3-4,9,11-16,20-21H2,(H,37,42). The summed E-state index contributed by atoms with van der Waals surface area (Å²) in [7, 11) is 0. The van der Waals surface area contributed by atoms with Gasteiger partial charge in [-0.05, 0) is 72.7 Å². The minimum Gasteiger partial charge on any atom is -0.490 e. The van der Waals surface area contributed by atoms with E-state index in [-0.39, 0.29) is 44.9 Å². The number of hydrogen-bond donors (Lipinski definition) is 2. The predicted molar refractivity (Wildman–Crippen MR) is 174 cm³/mol. The molecule has 2 aliphatic heterocycles. The number of hydrogen-bond acceptors (Lipinski definition) is 9. The maximum atomic E-state index is 14.3. The van der Waals surface area contributed by atoms with Crippen LogP contribution >= 0.6 is 11.3 Å². The summed E-state index contributed by atoms with van der Waals surface area (Å²) < 4.78 is 32.1. The molecule has 1 saturated heterocycles. The number of benzene rings is 2. The molecule has 0 saturated carbocycles. The number of aromatic nitrogens is 2. The van der Waals surface area contributed by atoms with Crippen molar-refractivity contribution >= 4 is 33.4 Å². The lowest BCUT2D eigenvalue weighted by atomic mass is 9.96. The molecule has 4 aromatic rings. The van der Waals surface area contributed by atoms with Gasteiger partial charge in [0.1, 0.15) is 36.2 Å². The average molecular weight is 646 g/mol. The van der Waals surface area contributed by atoms with E-state index >= 15 is 0 Å². The summed E-state index contributed by atoms with van der Waals surface area (Å²) in [4.78, 5) is 25.6. The molecule has 2 N–H and O–H groups in total. The zero-order chi connectivity index (χ0) is 31.9. The van der Waals surface area contributed by atoms with Crippen LogP contribution in [-0.4, -0.2) is 79.2 Å². The fourth-order valence-corrected chi connectivity index (χ4v) is 6.78. The molecule has 0 aliphatic carbocycles. The lowest BCUT2D eigenvalue weighted by Gasteiger charge is -2.23. The number of alkyl carbamates (subject to hydrolysis) is 1. The molecule has 2 aromatic carbocycles. The highest BCUT2D eigenvalue weighted by molar-refractivity contribution is 7.17. The van der Waals surface area contributed by atoms with Crippen molar-refractivity contribution < 1.29 is 28.2 Å². The summed E-state index contributed by atoms with van der Waals surface area (Å²) in [5.41, 5.74) is 5.75. The highest BCUT2D eigenvalue weighted by Gasteiger charge is 2.28. The number of nitrogens with zero attached hydrogens (tertiary/aromatic N) is 3. The number of carbonyl (C=O) groups excluding carboxylic acids is 2. The summed E-state index contributed by atoms with van der Waals surface area (Å²) in [6.07, 6.45) is 3.33. The SMILES string of the molecule is C=CC(=O)N1CCCC1COC(=O)NCCOCCOc1cc(F)ccc1-c1nnc(-c2ccc3c(c2)CCNC3)c2ccsc12. The van der Waals surface area contributed by atoms with E-state index in [2.05, 4.69) is 45.6 Å². The quantitative estimate of drug-likeness (QED) is 0.162. The molecule has 0 spiro atoms. The Bertz CT molecular complexity index is 1730. The predicted octanol–water partition coefficient (Wildman–Crippen LogP) is 5.11. The van der Waals surface area contributed by atoms with Crippen molar-refractivity contribution in [3.8, 4) is 28.3 Å². The molecule has 0 radical (unpaired) electrons. The number of ether oxygens (including phenoxy) is 3. The van der Waals surface area contributed by atoms with Crippen LogP contribution in [0.5, 0.6) is 5.75 Å². The van der Waals surface area contributed by atoms with Gasteiger partial charge in [-0.25, -0.2) is 9.18 Å². The first-order chi connectivity index (χ1) is 22.5. The fourth-order valence-electron chi connectivity index (χ4n) is 5.88. The number of amides is 2. The van der Waals surface area contributed by atoms with Gasteiger partial charge in [0.2, 0.25) is 5.91 Å². The topological polar surface area (TPSA) is 115 Å². The highest BCUT2D eigenvalue weighted by atomic mass is 32.1. The molecule has 10 nitrogen and oxygen atoms in total. The second kappa shape index (κ2) is 14.8. The summed E-state index contributed by atoms with van der Waals surface area (Å²) in [5.74, 6) is -0.233. The highest BCUT2D eigenvalue weighted by Crippen LogP contribution is 2.39. The third-order valence-corrected chi connectivity index (χ3v) is 9.11. The molecule has 12 heteroatoms. The van der Waals surface area contributed by atoms with Gasteiger partial charge in [0.05, 0.1) is 24.0 Å². The molecule has 2 aliphatic rings. The molecule has 2 amide bonds. The van der Waals surface area contributed by atoms with Crippen molar-refractivity contribution in [2.45, 2.75) is 31.8 Å². The van der Waals surface area contributed by atoms with Crippen molar-refractivity contribution in [1.29, 1.82) is 0 Å². The van der Waals surface area contributed by atoms with E-state index in [4.69, 9.17) is 14.2 Å². The molecular weight excluding hydrogens is 609 g/mol. The molecular formula is C34H36FN5O5S. The van der Waals surface area contributed by atoms with E-state index in [0.29, 0.717) is 23.6 Å². The van der Waals surface area contributed by atoms with Gasteiger partial charge in [-0.3, -0.25) is 4.79 Å². The number of thiophene rings is 1. The van der Waals surface area contributed by atoms with Gasteiger partial charge in [-0.15, -0.1) is 21.5 Å². The lowest BCUT2D eigenvalue weighted by Crippen LogP contribution is -2.39. The van der Waals surface area contributed by atoms with Gasteiger partial charge in [-0.2, -0.15) is 0 Å². The number of fused-ring (bicyclic) bond motifs is 2. The maximum absolute atomic E-state index is 14.3. The Morgan fingerprint density at radius 3 is 2.89 bits per heavy atom. The third kappa shape index (κ3) is 7.19. The summed E-state index contributed by atoms with van der Waals surface area (Å²) >= 11 is 1.56. The van der Waals surface area contributed by atoms with Gasteiger partial charge >= 0.3 is 6.09 Å². The molecule has 1 fully saturated rings. The van der Waals surface area contributed by atoms with E-state index in [1.54, 1.807) is 22.3 Å². The van der Waals surface area contributed by atoms with Crippen LogP contribution in [0.1, 0.15) is 24.0 Å². The molecule has 6 rings (SSSR count). The molecule has 1 unspecified atom stereocenters. The Morgan fingerprint density at radius 1 is 1.11 bits per heavy atom. The van der Waals surface area contributed by atoms with Crippen molar-refractivity contribution in [3.63, 3.8) is 0 Å². The van der Waals surface area contributed by atoms with Crippen LogP contribution in [0.2, 0.25) is 0 Å². The first-order valence-corrected chi connectivity index (χ1v) is 16.3. The Labute approximate surface area is 270 Å². The van der Waals surface area contributed by atoms with Crippen molar-refractivity contribution in [2.24, 2.45) is 0 Å². The zero-order valence-electron chi connectivity index (χ0n) is 25.4. The number of likely N-dealkylation sites (tertiary alicyclic amines) is 1. The number of nitrogens with one attached hydrogen (secondary N) is 2. The van der Waals surface area contributed by atoms with Crippen LogP contribution in [-0.2, 0) is 27.2 Å². The summed E-state index contributed by atoms with van der Waals surface area (Å²) in [6, 6.07) is 12.8. The summed E-state index contributed by atoms with van der Waals surface area (Å²) in [6.45, 7) is 6.99. The second-order valence-electron chi connectivity index (χ2n) is 11.1. The van der Waals surface area contributed by atoms with E-state index in [0.717, 1.165) is 53.7 Å². The zero-order valence-corrected chi connectivity index (χ0v) is 26.2. The first kappa shape index (κ1) is 31.6. The van der Waals surface area contributed by atoms with Crippen LogP contribution < -0.4 is 15.4 Å². The lowest BCUT2D eigenvalue weighted by molar-refractivity contribution is -0.127. The Balaban J connectivity index is 1.02. The van der Waals surface area contributed by atoms with Gasteiger partial charge < -0.3 is 29.7 Å². The minimum absolute atomic E-state index is 0.132. The van der Waals surface area contributed by atoms with E-state index < -0.39 is 11.9 Å². The van der Waals surface area contributed by atoms with Crippen molar-refractivity contribution in [1.82, 2.24) is 25.7 Å². The third-order valence-electron chi connectivity index (χ3n) is 8.19. The van der Waals surface area contributed by atoms with E-state index in [9.17, 15) is 14.0 Å². The molecule has 46 heavy (non-hydrogen) atoms. The van der Waals surface area contributed by atoms with Crippen LogP contribution in [0.25, 0.3) is 32.6 Å². The largest absolute Gasteiger partial charge is 0.490 e. The number of carbonyl (C=O) groups is 2. The smallest absolute Gasteiger partial charge is 0.407 e. The number of halogens is 1. The molecule has 0 bridgehead atoms. The van der Waals surface area contributed by atoms with Crippen LogP contribution in [0.4, 0.5) is 9.18 Å². The van der Waals surface area contributed by atoms with Gasteiger partial charge in [0.15, 0.2) is 0 Å². The monoisotopic (exact) mass is 645 g/mol. The molecule has 4 heterocycles. The van der Waals surface area contributed by atoms with Gasteiger partial charge in [-0.1, -0.05) is 18.7 Å². The summed E-state index contributed by atoms with van der Waals surface area (Å²) in [5, 5.41) is 18.3. The van der Waals surface area contributed by atoms with E-state index in [1.807, 2.05) is 11.4 Å². The van der Waals surface area contributed by atoms with Crippen molar-refractivity contribution in [2.75, 3.05) is 46.1 Å². The number of rotatable bonds is 12. The fraction of sp³-hybridized carbons (Fsp3) is 0.353. The van der Waals surface area contributed by atoms with E-state index in [1.165, 1.54) is 29.3 Å². The molecule has 240 valence electrons. The van der Waals surface area contributed by atoms with Crippen LogP contribution in [0.15, 0.2) is 60.5 Å². The van der Waals surface area contributed by atoms with Crippen LogP contribution in [0.3, 0.4) is 0 Å². The van der Waals surface area contributed by atoms with Crippen molar-refractivity contribution in [3.05, 3.63) is 77.4 Å². The average Bonchev–Trinajstić information content (AvgIpc) is 3.77. The van der Waals surface area contributed by atoms with Crippen LogP contribution in [0, 0.1) is 5.82 Å².